The fourth-order valence-corrected chi connectivity index (χ4v) is 2.00. The van der Waals surface area contributed by atoms with Gasteiger partial charge in [0.15, 0.2) is 0 Å². The average Bonchev–Trinajstić information content (AvgIpc) is 2.47. The van der Waals surface area contributed by atoms with Crippen molar-refractivity contribution in [2.45, 2.75) is 33.4 Å². The number of rotatable bonds is 5. The smallest absolute Gasteiger partial charge is 0.141 e. The zero-order valence-corrected chi connectivity index (χ0v) is 11.8. The van der Waals surface area contributed by atoms with Crippen LogP contribution >= 0.6 is 0 Å². The summed E-state index contributed by atoms with van der Waals surface area (Å²) in [5, 5.41) is 0. The molecule has 3 nitrogen and oxygen atoms in total. The molecule has 0 saturated heterocycles. The number of nitrogens with two attached hydrogens (primary N) is 1. The lowest BCUT2D eigenvalue weighted by Crippen LogP contribution is -2.04. The third-order valence-electron chi connectivity index (χ3n) is 3.14. The molecule has 0 radical (unpaired) electrons. The number of aryl methyl sites for hydroxylation is 2. The highest BCUT2D eigenvalue weighted by atomic mass is 19.1. The highest BCUT2D eigenvalue weighted by Crippen LogP contribution is 2.20. The van der Waals surface area contributed by atoms with Gasteiger partial charge in [-0.15, -0.1) is 0 Å². The molecule has 2 rings (SSSR count). The summed E-state index contributed by atoms with van der Waals surface area (Å²) >= 11 is 0. The lowest BCUT2D eigenvalue weighted by molar-refractivity contribution is 0.295. The largest absolute Gasteiger partial charge is 0.487 e. The van der Waals surface area contributed by atoms with Crippen LogP contribution < -0.4 is 10.5 Å². The molecule has 0 fully saturated rings. The number of ether oxygens (including phenoxy) is 1. The molecule has 0 aliphatic carbocycles. The van der Waals surface area contributed by atoms with Gasteiger partial charge in [-0.3, -0.25) is 4.98 Å². The molecule has 0 saturated carbocycles. The molecule has 0 aliphatic heterocycles. The van der Waals surface area contributed by atoms with Gasteiger partial charge in [-0.05, 0) is 43.2 Å². The molecule has 0 amide bonds. The summed E-state index contributed by atoms with van der Waals surface area (Å²) in [6, 6.07) is 8.62. The maximum absolute atomic E-state index is 13.7. The van der Waals surface area contributed by atoms with E-state index >= 15 is 0 Å². The van der Waals surface area contributed by atoms with Gasteiger partial charge in [-0.2, -0.15) is 0 Å². The van der Waals surface area contributed by atoms with Crippen molar-refractivity contribution < 1.29 is 9.13 Å². The Bertz CT molecular complexity index is 599. The molecule has 0 bridgehead atoms. The summed E-state index contributed by atoms with van der Waals surface area (Å²) < 4.78 is 19.4. The van der Waals surface area contributed by atoms with Crippen molar-refractivity contribution in [2.24, 2.45) is 5.73 Å². The van der Waals surface area contributed by atoms with Crippen molar-refractivity contribution in [1.29, 1.82) is 0 Å². The Morgan fingerprint density at radius 3 is 2.75 bits per heavy atom. The van der Waals surface area contributed by atoms with Crippen LogP contribution in [-0.2, 0) is 19.6 Å². The molecular formula is C16H19FN2O. The fraction of sp³-hybridized carbons (Fsp3) is 0.312. The first-order valence-corrected chi connectivity index (χ1v) is 6.70. The van der Waals surface area contributed by atoms with E-state index in [-0.39, 0.29) is 12.4 Å². The zero-order chi connectivity index (χ0) is 14.5. The second kappa shape index (κ2) is 6.48. The van der Waals surface area contributed by atoms with E-state index in [1.54, 1.807) is 12.1 Å². The van der Waals surface area contributed by atoms with Gasteiger partial charge < -0.3 is 10.5 Å². The highest BCUT2D eigenvalue weighted by Gasteiger charge is 2.07. The van der Waals surface area contributed by atoms with E-state index in [9.17, 15) is 4.39 Å². The van der Waals surface area contributed by atoms with Crippen molar-refractivity contribution in [2.75, 3.05) is 0 Å². The average molecular weight is 274 g/mol. The van der Waals surface area contributed by atoms with Crippen molar-refractivity contribution in [3.8, 4) is 5.75 Å². The number of pyridine rings is 1. The molecule has 2 aromatic rings. The Hall–Kier alpha value is -1.94. The van der Waals surface area contributed by atoms with Gasteiger partial charge in [0.1, 0.15) is 18.2 Å². The van der Waals surface area contributed by atoms with Crippen LogP contribution in [-0.4, -0.2) is 4.98 Å². The Morgan fingerprint density at radius 2 is 2.05 bits per heavy atom. The Balaban J connectivity index is 2.16. The molecule has 0 atom stereocenters. The molecule has 4 heteroatoms. The van der Waals surface area contributed by atoms with Crippen LogP contribution in [0.4, 0.5) is 4.39 Å². The van der Waals surface area contributed by atoms with Crippen LogP contribution in [0.15, 0.2) is 30.3 Å². The van der Waals surface area contributed by atoms with Crippen molar-refractivity contribution >= 4 is 0 Å². The Morgan fingerprint density at radius 1 is 1.25 bits per heavy atom. The van der Waals surface area contributed by atoms with Gasteiger partial charge in [-0.1, -0.05) is 13.0 Å². The number of aromatic nitrogens is 1. The third kappa shape index (κ3) is 3.33. The molecule has 0 unspecified atom stereocenters. The molecule has 1 aromatic carbocycles. The molecule has 20 heavy (non-hydrogen) atoms. The van der Waals surface area contributed by atoms with E-state index in [1.165, 1.54) is 6.07 Å². The molecule has 1 aromatic heterocycles. The highest BCUT2D eigenvalue weighted by molar-refractivity contribution is 5.30. The van der Waals surface area contributed by atoms with Crippen LogP contribution in [0.1, 0.15) is 29.4 Å². The molecule has 1 heterocycles. The van der Waals surface area contributed by atoms with Crippen LogP contribution in [0, 0.1) is 12.7 Å². The van der Waals surface area contributed by atoms with E-state index < -0.39 is 0 Å². The lowest BCUT2D eigenvalue weighted by atomic mass is 10.1. The van der Waals surface area contributed by atoms with Crippen molar-refractivity contribution in [1.82, 2.24) is 4.98 Å². The van der Waals surface area contributed by atoms with Gasteiger partial charge in [0.2, 0.25) is 0 Å². The molecule has 0 spiro atoms. The predicted octanol–water partition coefficient (Wildman–Crippen LogP) is 3.13. The van der Waals surface area contributed by atoms with Gasteiger partial charge in [0, 0.05) is 17.8 Å². The Labute approximate surface area is 118 Å². The van der Waals surface area contributed by atoms with Gasteiger partial charge in [0.05, 0.1) is 5.69 Å². The first-order chi connectivity index (χ1) is 9.63. The minimum absolute atomic E-state index is 0.178. The van der Waals surface area contributed by atoms with E-state index in [0.717, 1.165) is 23.4 Å². The number of hydrogen-bond donors (Lipinski definition) is 1. The van der Waals surface area contributed by atoms with Crippen molar-refractivity contribution in [3.05, 3.63) is 58.7 Å². The zero-order valence-electron chi connectivity index (χ0n) is 11.8. The summed E-state index contributed by atoms with van der Waals surface area (Å²) in [6.07, 6.45) is 0.780. The summed E-state index contributed by atoms with van der Waals surface area (Å²) in [5.41, 5.74) is 8.81. The first kappa shape index (κ1) is 14.5. The number of benzene rings is 1. The predicted molar refractivity (Wildman–Crippen MR) is 77.0 cm³/mol. The van der Waals surface area contributed by atoms with Crippen molar-refractivity contribution in [3.63, 3.8) is 0 Å². The lowest BCUT2D eigenvalue weighted by Gasteiger charge is -2.11. The normalized spacial score (nSPS) is 10.6. The second-order valence-corrected chi connectivity index (χ2v) is 4.67. The molecular weight excluding hydrogens is 255 g/mol. The molecule has 0 aliphatic rings. The number of halogens is 1. The maximum Gasteiger partial charge on any atom is 0.141 e. The molecule has 2 N–H and O–H groups in total. The Kier molecular flexibility index (Phi) is 4.69. The van der Waals surface area contributed by atoms with E-state index in [0.29, 0.717) is 17.9 Å². The monoisotopic (exact) mass is 274 g/mol. The SMILES string of the molecule is CCc1nc(C)ccc1OCc1cc(CN)ccc1F. The van der Waals surface area contributed by atoms with Crippen LogP contribution in [0.5, 0.6) is 5.75 Å². The second-order valence-electron chi connectivity index (χ2n) is 4.67. The van der Waals surface area contributed by atoms with E-state index in [2.05, 4.69) is 4.98 Å². The van der Waals surface area contributed by atoms with Crippen LogP contribution in [0.2, 0.25) is 0 Å². The summed E-state index contributed by atoms with van der Waals surface area (Å²) in [5.74, 6) is 0.427. The van der Waals surface area contributed by atoms with Gasteiger partial charge in [-0.25, -0.2) is 4.39 Å². The van der Waals surface area contributed by atoms with E-state index in [4.69, 9.17) is 10.5 Å². The summed E-state index contributed by atoms with van der Waals surface area (Å²) in [7, 11) is 0. The minimum atomic E-state index is -0.277. The number of nitrogens with zero attached hydrogens (tertiary/aromatic N) is 1. The van der Waals surface area contributed by atoms with Crippen LogP contribution in [0.3, 0.4) is 0 Å². The standard InChI is InChI=1S/C16H19FN2O/c1-3-15-16(7-4-11(2)19-15)20-10-13-8-12(9-18)5-6-14(13)17/h4-8H,3,9-10,18H2,1-2H3. The number of hydrogen-bond acceptors (Lipinski definition) is 3. The fourth-order valence-electron chi connectivity index (χ4n) is 2.00. The van der Waals surface area contributed by atoms with E-state index in [1.807, 2.05) is 26.0 Å². The van der Waals surface area contributed by atoms with Gasteiger partial charge >= 0.3 is 0 Å². The quantitative estimate of drug-likeness (QED) is 0.911. The maximum atomic E-state index is 13.7. The molecule has 106 valence electrons. The first-order valence-electron chi connectivity index (χ1n) is 6.70. The third-order valence-corrected chi connectivity index (χ3v) is 3.14. The summed E-state index contributed by atoms with van der Waals surface area (Å²) in [4.78, 5) is 4.42. The van der Waals surface area contributed by atoms with Gasteiger partial charge in [0.25, 0.3) is 0 Å². The van der Waals surface area contributed by atoms with Crippen LogP contribution in [0.25, 0.3) is 0 Å². The topological polar surface area (TPSA) is 48.1 Å². The minimum Gasteiger partial charge on any atom is -0.487 e. The summed E-state index contributed by atoms with van der Waals surface area (Å²) in [6.45, 7) is 4.52.